The van der Waals surface area contributed by atoms with Gasteiger partial charge in [-0.05, 0) is 18.6 Å². The Morgan fingerprint density at radius 1 is 1.48 bits per heavy atom. The molecule has 5 nitrogen and oxygen atoms in total. The summed E-state index contributed by atoms with van der Waals surface area (Å²) in [5, 5.41) is 4.09. The Morgan fingerprint density at radius 2 is 2.35 bits per heavy atom. The summed E-state index contributed by atoms with van der Waals surface area (Å²) >= 11 is 1.70. The van der Waals surface area contributed by atoms with Gasteiger partial charge >= 0.3 is 0 Å². The number of ether oxygens (including phenoxy) is 1. The number of hydrogen-bond acceptors (Lipinski definition) is 5. The lowest BCUT2D eigenvalue weighted by Crippen LogP contribution is -2.49. The number of benzene rings is 1. The Bertz CT molecular complexity index is 625. The molecular weight excluding hydrogens is 310 g/mol. The molecule has 0 bridgehead atoms. The molecule has 0 radical (unpaired) electrons. The molecule has 3 rings (SSSR count). The summed E-state index contributed by atoms with van der Waals surface area (Å²) in [6, 6.07) is 8.49. The molecule has 1 amide bonds. The molecule has 6 heteroatoms. The van der Waals surface area contributed by atoms with Gasteiger partial charge in [-0.1, -0.05) is 19.1 Å². The van der Waals surface area contributed by atoms with Crippen molar-refractivity contribution in [2.45, 2.75) is 25.8 Å². The number of para-hydroxylation sites is 1. The van der Waals surface area contributed by atoms with Gasteiger partial charge in [-0.15, -0.1) is 11.3 Å². The van der Waals surface area contributed by atoms with E-state index < -0.39 is 0 Å². The molecule has 1 aliphatic heterocycles. The lowest BCUT2D eigenvalue weighted by molar-refractivity contribution is -0.124. The van der Waals surface area contributed by atoms with Gasteiger partial charge in [0.2, 0.25) is 5.91 Å². The summed E-state index contributed by atoms with van der Waals surface area (Å²) in [4.78, 5) is 18.9. The fraction of sp³-hybridized carbons (Fsp3) is 0.529. The van der Waals surface area contributed by atoms with Gasteiger partial charge in [-0.25, -0.2) is 4.98 Å². The van der Waals surface area contributed by atoms with Crippen LogP contribution in [-0.2, 0) is 16.0 Å². The Morgan fingerprint density at radius 3 is 3.17 bits per heavy atom. The highest BCUT2D eigenvalue weighted by Gasteiger charge is 2.23. The third-order valence-corrected chi connectivity index (χ3v) is 5.26. The third kappa shape index (κ3) is 4.28. The molecule has 1 N–H and O–H groups in total. The van der Waals surface area contributed by atoms with E-state index in [1.807, 2.05) is 18.2 Å². The van der Waals surface area contributed by atoms with Crippen molar-refractivity contribution >= 4 is 27.5 Å². The summed E-state index contributed by atoms with van der Waals surface area (Å²) in [6.07, 6.45) is 1.80. The Balaban J connectivity index is 1.45. The molecule has 0 unspecified atom stereocenters. The maximum atomic E-state index is 12.1. The summed E-state index contributed by atoms with van der Waals surface area (Å²) in [7, 11) is 0. The van der Waals surface area contributed by atoms with Crippen LogP contribution in [-0.4, -0.2) is 54.7 Å². The minimum atomic E-state index is 0.0893. The topological polar surface area (TPSA) is 54.5 Å². The van der Waals surface area contributed by atoms with Gasteiger partial charge in [0, 0.05) is 25.6 Å². The first-order chi connectivity index (χ1) is 11.3. The van der Waals surface area contributed by atoms with Crippen LogP contribution in [0.2, 0.25) is 0 Å². The van der Waals surface area contributed by atoms with Crippen LogP contribution in [0.1, 0.15) is 18.4 Å². The molecule has 1 aromatic heterocycles. The van der Waals surface area contributed by atoms with Crippen LogP contribution in [0, 0.1) is 0 Å². The molecular formula is C17H23N3O2S. The van der Waals surface area contributed by atoms with E-state index in [9.17, 15) is 4.79 Å². The average Bonchev–Trinajstić information content (AvgIpc) is 2.98. The predicted octanol–water partition coefficient (Wildman–Crippen LogP) is 2.07. The van der Waals surface area contributed by atoms with Crippen molar-refractivity contribution in [1.82, 2.24) is 15.2 Å². The number of rotatable bonds is 6. The molecule has 0 saturated carbocycles. The van der Waals surface area contributed by atoms with Gasteiger partial charge in [0.15, 0.2) is 0 Å². The normalized spacial score (nSPS) is 19.1. The largest absolute Gasteiger partial charge is 0.378 e. The zero-order chi connectivity index (χ0) is 16.1. The average molecular weight is 333 g/mol. The van der Waals surface area contributed by atoms with E-state index in [-0.39, 0.29) is 5.91 Å². The Labute approximate surface area is 140 Å². The molecule has 1 fully saturated rings. The number of morpholine rings is 1. The van der Waals surface area contributed by atoms with Gasteiger partial charge in [-0.2, -0.15) is 0 Å². The molecule has 124 valence electrons. The van der Waals surface area contributed by atoms with Gasteiger partial charge in [0.25, 0.3) is 0 Å². The molecule has 0 aliphatic carbocycles. The van der Waals surface area contributed by atoms with E-state index in [2.05, 4.69) is 28.2 Å². The second-order valence-corrected chi connectivity index (χ2v) is 6.90. The SMILES string of the molecule is CC[C@@H]1COCCN1CC(=O)NCCc1nc2ccccc2s1. The van der Waals surface area contributed by atoms with Gasteiger partial charge in [0.1, 0.15) is 0 Å². The van der Waals surface area contributed by atoms with Crippen LogP contribution < -0.4 is 5.32 Å². The summed E-state index contributed by atoms with van der Waals surface area (Å²) < 4.78 is 6.67. The first-order valence-electron chi connectivity index (χ1n) is 8.19. The number of carbonyl (C=O) groups is 1. The first-order valence-corrected chi connectivity index (χ1v) is 9.01. The quantitative estimate of drug-likeness (QED) is 0.879. The molecule has 1 aromatic carbocycles. The van der Waals surface area contributed by atoms with Crippen LogP contribution in [0.5, 0.6) is 0 Å². The van der Waals surface area contributed by atoms with Crippen LogP contribution in [0.15, 0.2) is 24.3 Å². The predicted molar refractivity (Wildman–Crippen MR) is 92.8 cm³/mol. The zero-order valence-electron chi connectivity index (χ0n) is 13.5. The third-order valence-electron chi connectivity index (χ3n) is 4.17. The van der Waals surface area contributed by atoms with Crippen molar-refractivity contribution < 1.29 is 9.53 Å². The van der Waals surface area contributed by atoms with Crippen LogP contribution in [0.25, 0.3) is 10.2 Å². The van der Waals surface area contributed by atoms with Crippen molar-refractivity contribution in [3.05, 3.63) is 29.3 Å². The number of fused-ring (bicyclic) bond motifs is 1. The van der Waals surface area contributed by atoms with E-state index in [0.717, 1.165) is 43.1 Å². The molecule has 0 spiro atoms. The van der Waals surface area contributed by atoms with E-state index in [1.165, 1.54) is 4.70 Å². The van der Waals surface area contributed by atoms with Crippen molar-refractivity contribution in [1.29, 1.82) is 0 Å². The van der Waals surface area contributed by atoms with Crippen molar-refractivity contribution in [2.75, 3.05) is 32.8 Å². The molecule has 1 aliphatic rings. The standard InChI is InChI=1S/C17H23N3O2S/c1-2-13-12-22-10-9-20(13)11-16(21)18-8-7-17-19-14-5-3-4-6-15(14)23-17/h3-6,13H,2,7-12H2,1H3,(H,18,21)/t13-/m1/s1. The van der Waals surface area contributed by atoms with E-state index in [0.29, 0.717) is 19.1 Å². The maximum Gasteiger partial charge on any atom is 0.234 e. The van der Waals surface area contributed by atoms with Crippen LogP contribution >= 0.6 is 11.3 Å². The maximum absolute atomic E-state index is 12.1. The highest BCUT2D eigenvalue weighted by Crippen LogP contribution is 2.21. The number of hydrogen-bond donors (Lipinski definition) is 1. The molecule has 23 heavy (non-hydrogen) atoms. The lowest BCUT2D eigenvalue weighted by Gasteiger charge is -2.34. The smallest absolute Gasteiger partial charge is 0.234 e. The van der Waals surface area contributed by atoms with E-state index >= 15 is 0 Å². The zero-order valence-corrected chi connectivity index (χ0v) is 14.3. The molecule has 2 heterocycles. The fourth-order valence-corrected chi connectivity index (χ4v) is 3.82. The minimum Gasteiger partial charge on any atom is -0.378 e. The fourth-order valence-electron chi connectivity index (χ4n) is 2.85. The highest BCUT2D eigenvalue weighted by atomic mass is 32.1. The number of thiazole rings is 1. The summed E-state index contributed by atoms with van der Waals surface area (Å²) in [5.41, 5.74) is 1.04. The van der Waals surface area contributed by atoms with Crippen molar-refractivity contribution in [3.63, 3.8) is 0 Å². The van der Waals surface area contributed by atoms with Crippen molar-refractivity contribution in [3.8, 4) is 0 Å². The van der Waals surface area contributed by atoms with Gasteiger partial charge in [-0.3, -0.25) is 9.69 Å². The van der Waals surface area contributed by atoms with Gasteiger partial charge in [0.05, 0.1) is 35.0 Å². The molecule has 1 saturated heterocycles. The summed E-state index contributed by atoms with van der Waals surface area (Å²) in [5.74, 6) is 0.0893. The van der Waals surface area contributed by atoms with Gasteiger partial charge < -0.3 is 10.1 Å². The summed E-state index contributed by atoms with van der Waals surface area (Å²) in [6.45, 7) is 5.52. The van der Waals surface area contributed by atoms with Crippen molar-refractivity contribution in [2.24, 2.45) is 0 Å². The number of aromatic nitrogens is 1. The van der Waals surface area contributed by atoms with Crippen LogP contribution in [0.4, 0.5) is 0 Å². The lowest BCUT2D eigenvalue weighted by atomic mass is 10.2. The number of amides is 1. The highest BCUT2D eigenvalue weighted by molar-refractivity contribution is 7.18. The second kappa shape index (κ2) is 7.86. The monoisotopic (exact) mass is 333 g/mol. The second-order valence-electron chi connectivity index (χ2n) is 5.78. The minimum absolute atomic E-state index is 0.0893. The first kappa shape index (κ1) is 16.4. The number of nitrogens with one attached hydrogen (secondary N) is 1. The Hall–Kier alpha value is -1.50. The van der Waals surface area contributed by atoms with E-state index in [1.54, 1.807) is 11.3 Å². The van der Waals surface area contributed by atoms with Crippen LogP contribution in [0.3, 0.4) is 0 Å². The van der Waals surface area contributed by atoms with E-state index in [4.69, 9.17) is 4.74 Å². The number of carbonyl (C=O) groups excluding carboxylic acids is 1. The molecule has 2 aromatic rings. The number of nitrogens with zero attached hydrogens (tertiary/aromatic N) is 2. The Kier molecular flexibility index (Phi) is 5.59. The molecule has 1 atom stereocenters.